The molecule has 1 saturated heterocycles. The van der Waals surface area contributed by atoms with Crippen LogP contribution in [0.1, 0.15) is 5.69 Å². The summed E-state index contributed by atoms with van der Waals surface area (Å²) in [6.07, 6.45) is 0. The first-order chi connectivity index (χ1) is 15.5. The fourth-order valence-corrected chi connectivity index (χ4v) is 3.79. The third-order valence-electron chi connectivity index (χ3n) is 5.23. The minimum atomic E-state index is -0.296. The topological polar surface area (TPSA) is 104 Å². The van der Waals surface area contributed by atoms with Gasteiger partial charge in [-0.3, -0.25) is 9.69 Å². The van der Waals surface area contributed by atoms with Gasteiger partial charge in [0.2, 0.25) is 5.95 Å². The van der Waals surface area contributed by atoms with Crippen molar-refractivity contribution in [3.05, 3.63) is 46.6 Å². The van der Waals surface area contributed by atoms with E-state index < -0.39 is 0 Å². The maximum absolute atomic E-state index is 12.3. The third-order valence-corrected chi connectivity index (χ3v) is 5.76. The second-order valence-electron chi connectivity index (χ2n) is 7.52. The summed E-state index contributed by atoms with van der Waals surface area (Å²) in [6, 6.07) is 10.9. The van der Waals surface area contributed by atoms with Crippen LogP contribution in [0.4, 0.5) is 11.8 Å². The highest BCUT2D eigenvalue weighted by atomic mass is 79.9. The maximum atomic E-state index is 12.3. The minimum absolute atomic E-state index is 0.113. The number of piperazine rings is 1. The zero-order valence-electron chi connectivity index (χ0n) is 17.8. The number of aryl methyl sites for hydroxylation is 1. The molecule has 10 heteroatoms. The van der Waals surface area contributed by atoms with E-state index in [-0.39, 0.29) is 19.1 Å². The van der Waals surface area contributed by atoms with Gasteiger partial charge in [-0.2, -0.15) is 0 Å². The highest BCUT2D eigenvalue weighted by Gasteiger charge is 2.20. The maximum Gasteiger partial charge on any atom is 0.263 e. The number of anilines is 2. The molecule has 168 valence electrons. The SMILES string of the molecule is Cc1nc(N2CCN(CCO)CC2)nc2ccc(NC(=O)COc3ccc(Br)cc3)nc12. The Morgan fingerprint density at radius 2 is 1.84 bits per heavy atom. The Morgan fingerprint density at radius 1 is 1.09 bits per heavy atom. The number of pyridine rings is 1. The van der Waals surface area contributed by atoms with Crippen LogP contribution in [0.2, 0.25) is 0 Å². The first-order valence-corrected chi connectivity index (χ1v) is 11.2. The largest absolute Gasteiger partial charge is 0.484 e. The van der Waals surface area contributed by atoms with Crippen molar-refractivity contribution < 1.29 is 14.6 Å². The molecule has 1 fully saturated rings. The number of halogens is 1. The van der Waals surface area contributed by atoms with E-state index in [1.807, 2.05) is 25.1 Å². The van der Waals surface area contributed by atoms with E-state index in [1.165, 1.54) is 0 Å². The second kappa shape index (κ2) is 10.2. The molecule has 0 saturated carbocycles. The zero-order valence-corrected chi connectivity index (χ0v) is 19.4. The first kappa shape index (κ1) is 22.4. The minimum Gasteiger partial charge on any atom is -0.484 e. The lowest BCUT2D eigenvalue weighted by molar-refractivity contribution is -0.118. The van der Waals surface area contributed by atoms with E-state index in [1.54, 1.807) is 18.2 Å². The van der Waals surface area contributed by atoms with Crippen molar-refractivity contribution in [3.8, 4) is 5.75 Å². The molecular weight excluding hydrogens is 476 g/mol. The van der Waals surface area contributed by atoms with E-state index in [0.29, 0.717) is 29.6 Å². The summed E-state index contributed by atoms with van der Waals surface area (Å²) in [5.74, 6) is 1.43. The van der Waals surface area contributed by atoms with Gasteiger partial charge in [0.05, 0.1) is 17.8 Å². The van der Waals surface area contributed by atoms with Crippen LogP contribution in [0.3, 0.4) is 0 Å². The predicted molar refractivity (Wildman–Crippen MR) is 126 cm³/mol. The van der Waals surface area contributed by atoms with Crippen LogP contribution < -0.4 is 15.0 Å². The number of aliphatic hydroxyl groups is 1. The summed E-state index contributed by atoms with van der Waals surface area (Å²) >= 11 is 3.36. The van der Waals surface area contributed by atoms with Crippen molar-refractivity contribution >= 4 is 44.6 Å². The molecule has 1 amide bonds. The number of nitrogens with one attached hydrogen (secondary N) is 1. The number of nitrogens with zero attached hydrogens (tertiary/aromatic N) is 5. The number of ether oxygens (including phenoxy) is 1. The van der Waals surface area contributed by atoms with E-state index in [0.717, 1.165) is 41.9 Å². The van der Waals surface area contributed by atoms with E-state index in [9.17, 15) is 4.79 Å². The predicted octanol–water partition coefficient (Wildman–Crippen LogP) is 2.23. The van der Waals surface area contributed by atoms with Crippen LogP contribution in [0.5, 0.6) is 5.75 Å². The van der Waals surface area contributed by atoms with Gasteiger partial charge in [-0.25, -0.2) is 15.0 Å². The number of carbonyl (C=O) groups is 1. The van der Waals surface area contributed by atoms with Crippen LogP contribution in [-0.4, -0.2) is 76.8 Å². The Kier molecular flexibility index (Phi) is 7.13. The zero-order chi connectivity index (χ0) is 22.5. The van der Waals surface area contributed by atoms with Gasteiger partial charge in [0.1, 0.15) is 17.1 Å². The van der Waals surface area contributed by atoms with Crippen molar-refractivity contribution in [2.75, 3.05) is 56.2 Å². The number of amides is 1. The highest BCUT2D eigenvalue weighted by molar-refractivity contribution is 9.10. The summed E-state index contributed by atoms with van der Waals surface area (Å²) in [5.41, 5.74) is 2.14. The van der Waals surface area contributed by atoms with Crippen LogP contribution in [0, 0.1) is 6.92 Å². The van der Waals surface area contributed by atoms with Gasteiger partial charge >= 0.3 is 0 Å². The monoisotopic (exact) mass is 500 g/mol. The summed E-state index contributed by atoms with van der Waals surface area (Å²) in [5, 5.41) is 11.9. The van der Waals surface area contributed by atoms with E-state index in [4.69, 9.17) is 9.84 Å². The Morgan fingerprint density at radius 3 is 2.56 bits per heavy atom. The Hall–Kier alpha value is -2.82. The smallest absolute Gasteiger partial charge is 0.263 e. The number of aliphatic hydroxyl groups excluding tert-OH is 1. The number of fused-ring (bicyclic) bond motifs is 1. The molecule has 9 nitrogen and oxygen atoms in total. The third kappa shape index (κ3) is 5.50. The lowest BCUT2D eigenvalue weighted by Gasteiger charge is -2.34. The molecule has 2 N–H and O–H groups in total. The van der Waals surface area contributed by atoms with Crippen molar-refractivity contribution in [3.63, 3.8) is 0 Å². The molecule has 1 aliphatic heterocycles. The number of aromatic nitrogens is 3. The highest BCUT2D eigenvalue weighted by Crippen LogP contribution is 2.21. The fraction of sp³-hybridized carbons (Fsp3) is 0.364. The number of carbonyl (C=O) groups excluding carboxylic acids is 1. The molecule has 32 heavy (non-hydrogen) atoms. The van der Waals surface area contributed by atoms with Crippen molar-refractivity contribution in [1.82, 2.24) is 19.9 Å². The van der Waals surface area contributed by atoms with Gasteiger partial charge in [-0.05, 0) is 43.3 Å². The molecule has 3 heterocycles. The molecule has 0 unspecified atom stereocenters. The lowest BCUT2D eigenvalue weighted by Crippen LogP contribution is -2.47. The molecule has 4 rings (SSSR count). The lowest BCUT2D eigenvalue weighted by atomic mass is 10.3. The molecule has 1 aromatic carbocycles. The molecule has 0 radical (unpaired) electrons. The standard InChI is InChI=1S/C22H25BrN6O3/c1-15-21-18(25-22(24-15)29-10-8-28(9-11-29)12-13-30)6-7-19(27-21)26-20(31)14-32-17-4-2-16(23)3-5-17/h2-7,30H,8-14H2,1H3,(H,26,27,31). The molecule has 2 aromatic heterocycles. The second-order valence-corrected chi connectivity index (χ2v) is 8.43. The van der Waals surface area contributed by atoms with Crippen molar-refractivity contribution in [2.45, 2.75) is 6.92 Å². The van der Waals surface area contributed by atoms with Crippen LogP contribution in [0.15, 0.2) is 40.9 Å². The number of hydrogen-bond donors (Lipinski definition) is 2. The summed E-state index contributed by atoms with van der Waals surface area (Å²) < 4.78 is 6.45. The van der Waals surface area contributed by atoms with Crippen LogP contribution >= 0.6 is 15.9 Å². The Labute approximate surface area is 194 Å². The number of rotatable bonds is 7. The van der Waals surface area contributed by atoms with Crippen LogP contribution in [-0.2, 0) is 4.79 Å². The fourth-order valence-electron chi connectivity index (χ4n) is 3.53. The quantitative estimate of drug-likeness (QED) is 0.508. The molecule has 3 aromatic rings. The molecule has 0 atom stereocenters. The number of benzene rings is 1. The molecule has 0 spiro atoms. The Balaban J connectivity index is 1.40. The molecule has 0 bridgehead atoms. The average Bonchev–Trinajstić information content (AvgIpc) is 2.80. The Bertz CT molecular complexity index is 1090. The molecular formula is C22H25BrN6O3. The summed E-state index contributed by atoms with van der Waals surface area (Å²) in [6.45, 7) is 6.00. The van der Waals surface area contributed by atoms with Gasteiger partial charge in [0.15, 0.2) is 6.61 Å². The summed E-state index contributed by atoms with van der Waals surface area (Å²) in [4.78, 5) is 30.5. The van der Waals surface area contributed by atoms with E-state index >= 15 is 0 Å². The van der Waals surface area contributed by atoms with Gasteiger partial charge in [0, 0.05) is 37.2 Å². The number of β-amino-alcohol motifs (C(OH)–C–C–N with tert-alkyl or cyclic N) is 1. The van der Waals surface area contributed by atoms with Crippen LogP contribution in [0.25, 0.3) is 11.0 Å². The van der Waals surface area contributed by atoms with Crippen molar-refractivity contribution in [2.24, 2.45) is 0 Å². The van der Waals surface area contributed by atoms with Gasteiger partial charge in [-0.1, -0.05) is 15.9 Å². The molecule has 1 aliphatic rings. The van der Waals surface area contributed by atoms with Crippen molar-refractivity contribution in [1.29, 1.82) is 0 Å². The normalized spacial score (nSPS) is 14.5. The van der Waals surface area contributed by atoms with Gasteiger partial charge in [0.25, 0.3) is 5.91 Å². The number of hydrogen-bond acceptors (Lipinski definition) is 8. The van der Waals surface area contributed by atoms with E-state index in [2.05, 4.69) is 46.0 Å². The first-order valence-electron chi connectivity index (χ1n) is 10.4. The average molecular weight is 501 g/mol. The molecule has 0 aliphatic carbocycles. The van der Waals surface area contributed by atoms with Gasteiger partial charge in [-0.15, -0.1) is 0 Å². The summed E-state index contributed by atoms with van der Waals surface area (Å²) in [7, 11) is 0. The van der Waals surface area contributed by atoms with Gasteiger partial charge < -0.3 is 20.1 Å².